The topological polar surface area (TPSA) is 75.3 Å². The van der Waals surface area contributed by atoms with Gasteiger partial charge in [-0.25, -0.2) is 4.79 Å². The molecule has 0 unspecified atom stereocenters. The van der Waals surface area contributed by atoms with Crippen LogP contribution in [0.4, 0.5) is 17.1 Å². The van der Waals surface area contributed by atoms with E-state index in [1.807, 2.05) is 31.2 Å². The third kappa shape index (κ3) is 2.93. The quantitative estimate of drug-likeness (QED) is 0.739. The zero-order valence-corrected chi connectivity index (χ0v) is 12.8. The van der Waals surface area contributed by atoms with E-state index in [-0.39, 0.29) is 5.56 Å². The summed E-state index contributed by atoms with van der Waals surface area (Å²) in [7, 11) is 0. The van der Waals surface area contributed by atoms with Gasteiger partial charge in [0, 0.05) is 21.5 Å². The fourth-order valence-corrected chi connectivity index (χ4v) is 2.18. The second-order valence-corrected chi connectivity index (χ2v) is 5.50. The Morgan fingerprint density at radius 3 is 2.40 bits per heavy atom. The molecule has 0 aliphatic carbocycles. The molecule has 5 heteroatoms. The zero-order valence-electron chi connectivity index (χ0n) is 11.2. The van der Waals surface area contributed by atoms with Crippen molar-refractivity contribution in [1.29, 1.82) is 0 Å². The fourth-order valence-electron chi connectivity index (χ4n) is 1.94. The Bertz CT molecular complexity index is 684. The molecule has 104 valence electrons. The summed E-state index contributed by atoms with van der Waals surface area (Å²) in [5.41, 5.74) is 9.62. The van der Waals surface area contributed by atoms with Crippen molar-refractivity contribution >= 4 is 39.0 Å². The first-order chi connectivity index (χ1) is 9.38. The number of carboxylic acids is 1. The van der Waals surface area contributed by atoms with Crippen molar-refractivity contribution in [2.24, 2.45) is 0 Å². The zero-order chi connectivity index (χ0) is 14.9. The molecule has 0 bridgehead atoms. The number of carbonyl (C=O) groups is 1. The highest BCUT2D eigenvalue weighted by Crippen LogP contribution is 2.27. The molecule has 0 saturated carbocycles. The van der Waals surface area contributed by atoms with Gasteiger partial charge in [0.1, 0.15) is 0 Å². The average Bonchev–Trinajstić information content (AvgIpc) is 2.37. The number of aromatic carboxylic acids is 1. The van der Waals surface area contributed by atoms with Gasteiger partial charge in [-0.1, -0.05) is 15.9 Å². The van der Waals surface area contributed by atoms with Crippen LogP contribution in [0.3, 0.4) is 0 Å². The Morgan fingerprint density at radius 2 is 1.80 bits per heavy atom. The monoisotopic (exact) mass is 334 g/mol. The molecule has 4 nitrogen and oxygen atoms in total. The number of anilines is 3. The third-order valence-corrected chi connectivity index (χ3v) is 3.95. The normalized spacial score (nSPS) is 10.3. The fraction of sp³-hybridized carbons (Fsp3) is 0.133. The number of halogens is 1. The highest BCUT2D eigenvalue weighted by Gasteiger charge is 2.12. The molecule has 0 saturated heterocycles. The van der Waals surface area contributed by atoms with Gasteiger partial charge in [-0.05, 0) is 55.3 Å². The van der Waals surface area contributed by atoms with E-state index in [4.69, 9.17) is 10.8 Å². The number of hydrogen-bond donors (Lipinski definition) is 3. The summed E-state index contributed by atoms with van der Waals surface area (Å²) in [6.45, 7) is 3.78. The highest BCUT2D eigenvalue weighted by atomic mass is 79.9. The molecule has 2 aromatic rings. The van der Waals surface area contributed by atoms with Crippen LogP contribution >= 0.6 is 15.9 Å². The van der Waals surface area contributed by atoms with E-state index in [0.29, 0.717) is 11.4 Å². The highest BCUT2D eigenvalue weighted by molar-refractivity contribution is 9.10. The van der Waals surface area contributed by atoms with Crippen LogP contribution in [0.2, 0.25) is 0 Å². The van der Waals surface area contributed by atoms with Gasteiger partial charge >= 0.3 is 5.97 Å². The van der Waals surface area contributed by atoms with Crippen LogP contribution in [-0.4, -0.2) is 11.1 Å². The van der Waals surface area contributed by atoms with Gasteiger partial charge in [-0.2, -0.15) is 0 Å². The molecule has 0 heterocycles. The summed E-state index contributed by atoms with van der Waals surface area (Å²) in [4.78, 5) is 11.2. The lowest BCUT2D eigenvalue weighted by atomic mass is 10.1. The molecule has 4 N–H and O–H groups in total. The first-order valence-corrected chi connectivity index (χ1v) is 6.84. The van der Waals surface area contributed by atoms with E-state index in [9.17, 15) is 4.79 Å². The van der Waals surface area contributed by atoms with Crippen molar-refractivity contribution in [2.45, 2.75) is 13.8 Å². The average molecular weight is 335 g/mol. The summed E-state index contributed by atoms with van der Waals surface area (Å²) in [5, 5.41) is 12.3. The number of benzene rings is 2. The van der Waals surface area contributed by atoms with E-state index in [2.05, 4.69) is 21.2 Å². The van der Waals surface area contributed by atoms with Gasteiger partial charge in [0.15, 0.2) is 0 Å². The van der Waals surface area contributed by atoms with Gasteiger partial charge in [0.2, 0.25) is 0 Å². The van der Waals surface area contributed by atoms with Crippen molar-refractivity contribution in [3.8, 4) is 0 Å². The van der Waals surface area contributed by atoms with Gasteiger partial charge in [-0.15, -0.1) is 0 Å². The predicted molar refractivity (Wildman–Crippen MR) is 84.7 cm³/mol. The van der Waals surface area contributed by atoms with Crippen molar-refractivity contribution < 1.29 is 9.90 Å². The predicted octanol–water partition coefficient (Wildman–Crippen LogP) is 4.09. The minimum Gasteiger partial charge on any atom is -0.478 e. The summed E-state index contributed by atoms with van der Waals surface area (Å²) >= 11 is 3.44. The maximum atomic E-state index is 11.2. The number of aryl methyl sites for hydroxylation is 2. The van der Waals surface area contributed by atoms with E-state index in [1.165, 1.54) is 0 Å². The molecule has 20 heavy (non-hydrogen) atoms. The maximum Gasteiger partial charge on any atom is 0.337 e. The SMILES string of the molecule is Cc1cc(Nc2cc(C)c(N)c(C(=O)O)c2)ccc1Br. The smallest absolute Gasteiger partial charge is 0.337 e. The number of nitrogen functional groups attached to an aromatic ring is 1. The molecule has 0 amide bonds. The Morgan fingerprint density at radius 1 is 1.15 bits per heavy atom. The van der Waals surface area contributed by atoms with Crippen LogP contribution in [0.25, 0.3) is 0 Å². The molecular weight excluding hydrogens is 320 g/mol. The molecular formula is C15H15BrN2O2. The Hall–Kier alpha value is -2.01. The molecule has 0 aromatic heterocycles. The van der Waals surface area contributed by atoms with Crippen LogP contribution in [0.1, 0.15) is 21.5 Å². The number of hydrogen-bond acceptors (Lipinski definition) is 3. The van der Waals surface area contributed by atoms with Gasteiger partial charge in [-0.3, -0.25) is 0 Å². The van der Waals surface area contributed by atoms with E-state index >= 15 is 0 Å². The Labute approximate surface area is 125 Å². The molecule has 0 radical (unpaired) electrons. The summed E-state index contributed by atoms with van der Waals surface area (Å²) in [6, 6.07) is 9.22. The van der Waals surface area contributed by atoms with Crippen LogP contribution < -0.4 is 11.1 Å². The number of rotatable bonds is 3. The minimum atomic E-state index is -1.03. The van der Waals surface area contributed by atoms with Gasteiger partial charge in [0.05, 0.1) is 5.56 Å². The molecule has 2 aromatic carbocycles. The van der Waals surface area contributed by atoms with Crippen LogP contribution in [-0.2, 0) is 0 Å². The molecule has 0 aliphatic heterocycles. The largest absolute Gasteiger partial charge is 0.478 e. The molecule has 2 rings (SSSR count). The van der Waals surface area contributed by atoms with Crippen LogP contribution in [0.15, 0.2) is 34.8 Å². The van der Waals surface area contributed by atoms with Gasteiger partial charge in [0.25, 0.3) is 0 Å². The summed E-state index contributed by atoms with van der Waals surface area (Å²) in [6.07, 6.45) is 0. The van der Waals surface area contributed by atoms with Crippen molar-refractivity contribution in [3.05, 3.63) is 51.5 Å². The summed E-state index contributed by atoms with van der Waals surface area (Å²) in [5.74, 6) is -1.03. The lowest BCUT2D eigenvalue weighted by Gasteiger charge is -2.12. The van der Waals surface area contributed by atoms with Crippen LogP contribution in [0.5, 0.6) is 0 Å². The van der Waals surface area contributed by atoms with Crippen molar-refractivity contribution in [3.63, 3.8) is 0 Å². The maximum absolute atomic E-state index is 11.2. The Balaban J connectivity index is 2.38. The lowest BCUT2D eigenvalue weighted by Crippen LogP contribution is -2.05. The number of nitrogens with two attached hydrogens (primary N) is 1. The molecule has 0 atom stereocenters. The molecule has 0 spiro atoms. The standard InChI is InChI=1S/C15H15BrN2O2/c1-8-5-10(3-4-13(8)16)18-11-6-9(2)14(17)12(7-11)15(19)20/h3-7,18H,17H2,1-2H3,(H,19,20). The first kappa shape index (κ1) is 14.4. The van der Waals surface area contributed by atoms with E-state index < -0.39 is 5.97 Å². The number of carboxylic acid groups (broad SMARTS) is 1. The van der Waals surface area contributed by atoms with E-state index in [1.54, 1.807) is 13.0 Å². The summed E-state index contributed by atoms with van der Waals surface area (Å²) < 4.78 is 1.03. The molecule has 0 aliphatic rings. The van der Waals surface area contributed by atoms with Crippen molar-refractivity contribution in [2.75, 3.05) is 11.1 Å². The van der Waals surface area contributed by atoms with E-state index in [0.717, 1.165) is 21.3 Å². The number of nitrogens with one attached hydrogen (secondary N) is 1. The first-order valence-electron chi connectivity index (χ1n) is 6.05. The van der Waals surface area contributed by atoms with Gasteiger partial charge < -0.3 is 16.2 Å². The third-order valence-electron chi connectivity index (χ3n) is 3.06. The van der Waals surface area contributed by atoms with Crippen LogP contribution in [0, 0.1) is 13.8 Å². The second-order valence-electron chi connectivity index (χ2n) is 4.65. The Kier molecular flexibility index (Phi) is 3.99. The second kappa shape index (κ2) is 5.54. The molecule has 0 fully saturated rings. The lowest BCUT2D eigenvalue weighted by molar-refractivity contribution is 0.0698. The van der Waals surface area contributed by atoms with Crippen molar-refractivity contribution in [1.82, 2.24) is 0 Å². The minimum absolute atomic E-state index is 0.112.